The van der Waals surface area contributed by atoms with Crippen LogP contribution >= 0.6 is 0 Å². The number of nitrogens with one attached hydrogen (secondary N) is 1. The summed E-state index contributed by atoms with van der Waals surface area (Å²) in [5.74, 6) is 0.605. The SMILES string of the molecule is O=C(/C=C\c1cccnc1)NCCCCN1CCC(C(=O)c2ccco2)CC1. The van der Waals surface area contributed by atoms with Gasteiger partial charge < -0.3 is 14.6 Å². The number of amides is 1. The molecule has 0 spiro atoms. The number of likely N-dealkylation sites (tertiary alicyclic amines) is 1. The summed E-state index contributed by atoms with van der Waals surface area (Å²) < 4.78 is 5.22. The smallest absolute Gasteiger partial charge is 0.243 e. The highest BCUT2D eigenvalue weighted by atomic mass is 16.3. The monoisotopic (exact) mass is 381 g/mol. The van der Waals surface area contributed by atoms with Crippen molar-refractivity contribution in [2.45, 2.75) is 25.7 Å². The predicted octanol–water partition coefficient (Wildman–Crippen LogP) is 3.18. The van der Waals surface area contributed by atoms with E-state index in [-0.39, 0.29) is 17.6 Å². The van der Waals surface area contributed by atoms with Crippen molar-refractivity contribution < 1.29 is 14.0 Å². The lowest BCUT2D eigenvalue weighted by atomic mass is 9.91. The molecule has 148 valence electrons. The van der Waals surface area contributed by atoms with Crippen LogP contribution in [0.3, 0.4) is 0 Å². The van der Waals surface area contributed by atoms with E-state index in [0.717, 1.165) is 50.9 Å². The Balaban J connectivity index is 1.26. The van der Waals surface area contributed by atoms with E-state index in [2.05, 4.69) is 15.2 Å². The van der Waals surface area contributed by atoms with Gasteiger partial charge in [0.05, 0.1) is 6.26 Å². The van der Waals surface area contributed by atoms with E-state index < -0.39 is 0 Å². The van der Waals surface area contributed by atoms with Gasteiger partial charge in [-0.25, -0.2) is 0 Å². The Kier molecular flexibility index (Phi) is 7.55. The molecular weight excluding hydrogens is 354 g/mol. The minimum Gasteiger partial charge on any atom is -0.461 e. The van der Waals surface area contributed by atoms with E-state index in [1.165, 1.54) is 6.08 Å². The summed E-state index contributed by atoms with van der Waals surface area (Å²) in [6.45, 7) is 3.56. The molecule has 0 saturated carbocycles. The van der Waals surface area contributed by atoms with Crippen LogP contribution in [0.2, 0.25) is 0 Å². The molecule has 6 heteroatoms. The molecule has 1 N–H and O–H groups in total. The van der Waals surface area contributed by atoms with Crippen molar-refractivity contribution in [3.8, 4) is 0 Å². The molecular formula is C22H27N3O3. The van der Waals surface area contributed by atoms with Gasteiger partial charge in [0.2, 0.25) is 11.7 Å². The van der Waals surface area contributed by atoms with Gasteiger partial charge >= 0.3 is 0 Å². The van der Waals surface area contributed by atoms with E-state index in [4.69, 9.17) is 4.42 Å². The maximum absolute atomic E-state index is 12.3. The Labute approximate surface area is 165 Å². The standard InChI is InChI=1S/C22H27N3O3/c26-21(8-7-18-5-3-11-23-17-18)24-12-1-2-13-25-14-9-19(10-15-25)22(27)20-6-4-16-28-20/h3-8,11,16-17,19H,1-2,9-10,12-15H2,(H,24,26)/b8-7-. The number of pyridine rings is 1. The molecule has 2 aromatic rings. The minimum absolute atomic E-state index is 0.0771. The number of hydrogen-bond acceptors (Lipinski definition) is 5. The number of nitrogens with zero attached hydrogens (tertiary/aromatic N) is 2. The molecule has 0 atom stereocenters. The fraction of sp³-hybridized carbons (Fsp3) is 0.409. The van der Waals surface area contributed by atoms with Crippen LogP contribution in [0.15, 0.2) is 53.4 Å². The normalized spacial score (nSPS) is 15.7. The van der Waals surface area contributed by atoms with Crippen LogP contribution < -0.4 is 5.32 Å². The molecule has 0 aliphatic carbocycles. The molecule has 0 radical (unpaired) electrons. The average molecular weight is 381 g/mol. The van der Waals surface area contributed by atoms with Crippen molar-refractivity contribution >= 4 is 17.8 Å². The molecule has 3 heterocycles. The van der Waals surface area contributed by atoms with Crippen molar-refractivity contribution in [3.63, 3.8) is 0 Å². The van der Waals surface area contributed by atoms with Gasteiger partial charge in [-0.1, -0.05) is 6.07 Å². The van der Waals surface area contributed by atoms with Crippen molar-refractivity contribution in [1.82, 2.24) is 15.2 Å². The first-order chi connectivity index (χ1) is 13.7. The van der Waals surface area contributed by atoms with Crippen molar-refractivity contribution in [3.05, 3.63) is 60.3 Å². The summed E-state index contributed by atoms with van der Waals surface area (Å²) >= 11 is 0. The highest BCUT2D eigenvalue weighted by Gasteiger charge is 2.26. The zero-order valence-corrected chi connectivity index (χ0v) is 16.0. The van der Waals surface area contributed by atoms with Crippen LogP contribution in [0, 0.1) is 5.92 Å². The summed E-state index contributed by atoms with van der Waals surface area (Å²) in [5.41, 5.74) is 0.909. The molecule has 2 aromatic heterocycles. The van der Waals surface area contributed by atoms with Gasteiger partial charge in [0.25, 0.3) is 0 Å². The van der Waals surface area contributed by atoms with E-state index >= 15 is 0 Å². The molecule has 3 rings (SSSR count). The summed E-state index contributed by atoms with van der Waals surface area (Å²) in [4.78, 5) is 30.5. The quantitative estimate of drug-likeness (QED) is 0.410. The van der Waals surface area contributed by atoms with Gasteiger partial charge in [-0.3, -0.25) is 14.6 Å². The van der Waals surface area contributed by atoms with Crippen LogP contribution in [0.4, 0.5) is 0 Å². The molecule has 1 aliphatic heterocycles. The topological polar surface area (TPSA) is 75.4 Å². The predicted molar refractivity (Wildman–Crippen MR) is 108 cm³/mol. The second kappa shape index (κ2) is 10.6. The number of carbonyl (C=O) groups is 2. The Hall–Kier alpha value is -2.73. The first-order valence-electron chi connectivity index (χ1n) is 9.88. The summed E-state index contributed by atoms with van der Waals surface area (Å²) in [6.07, 6.45) is 12.0. The van der Waals surface area contributed by atoms with Crippen molar-refractivity contribution in [2.24, 2.45) is 5.92 Å². The van der Waals surface area contributed by atoms with Gasteiger partial charge in [0.1, 0.15) is 0 Å². The lowest BCUT2D eigenvalue weighted by molar-refractivity contribution is -0.116. The zero-order valence-electron chi connectivity index (χ0n) is 16.0. The highest BCUT2D eigenvalue weighted by Crippen LogP contribution is 2.22. The third-order valence-electron chi connectivity index (χ3n) is 5.03. The first kappa shape index (κ1) is 20.0. The molecule has 6 nitrogen and oxygen atoms in total. The van der Waals surface area contributed by atoms with Crippen LogP contribution in [-0.2, 0) is 4.79 Å². The lowest BCUT2D eigenvalue weighted by Gasteiger charge is -2.30. The molecule has 0 unspecified atom stereocenters. The van der Waals surface area contributed by atoms with Crippen molar-refractivity contribution in [2.75, 3.05) is 26.2 Å². The zero-order chi connectivity index (χ0) is 19.6. The van der Waals surface area contributed by atoms with E-state index in [9.17, 15) is 9.59 Å². The number of rotatable bonds is 9. The molecule has 1 saturated heterocycles. The second-order valence-corrected chi connectivity index (χ2v) is 7.08. The van der Waals surface area contributed by atoms with Gasteiger partial charge in [-0.2, -0.15) is 0 Å². The Morgan fingerprint density at radius 2 is 2.07 bits per heavy atom. The largest absolute Gasteiger partial charge is 0.461 e. The van der Waals surface area contributed by atoms with E-state index in [1.807, 2.05) is 12.1 Å². The third kappa shape index (κ3) is 6.16. The third-order valence-corrected chi connectivity index (χ3v) is 5.03. The minimum atomic E-state index is -0.0823. The van der Waals surface area contributed by atoms with Crippen LogP contribution in [-0.4, -0.2) is 47.8 Å². The Bertz CT molecular complexity index is 764. The highest BCUT2D eigenvalue weighted by molar-refractivity contribution is 5.95. The number of piperidine rings is 1. The first-order valence-corrected chi connectivity index (χ1v) is 9.88. The molecule has 1 amide bonds. The maximum Gasteiger partial charge on any atom is 0.243 e. The number of unbranched alkanes of at least 4 members (excludes halogenated alkanes) is 1. The molecule has 1 fully saturated rings. The van der Waals surface area contributed by atoms with Gasteiger partial charge in [-0.15, -0.1) is 0 Å². The van der Waals surface area contributed by atoms with Crippen LogP contribution in [0.5, 0.6) is 0 Å². The number of aromatic nitrogens is 1. The number of furan rings is 1. The van der Waals surface area contributed by atoms with Crippen molar-refractivity contribution in [1.29, 1.82) is 0 Å². The number of ketones is 1. The number of Topliss-reactive ketones (excluding diaryl/α,β-unsaturated/α-hetero) is 1. The summed E-state index contributed by atoms with van der Waals surface area (Å²) in [7, 11) is 0. The van der Waals surface area contributed by atoms with E-state index in [1.54, 1.807) is 36.9 Å². The van der Waals surface area contributed by atoms with Crippen LogP contribution in [0.25, 0.3) is 6.08 Å². The Morgan fingerprint density at radius 1 is 1.21 bits per heavy atom. The molecule has 0 aromatic carbocycles. The summed E-state index contributed by atoms with van der Waals surface area (Å²) in [6, 6.07) is 7.25. The average Bonchev–Trinajstić information content (AvgIpc) is 3.28. The van der Waals surface area contributed by atoms with Gasteiger partial charge in [-0.05, 0) is 75.2 Å². The molecule has 28 heavy (non-hydrogen) atoms. The lowest BCUT2D eigenvalue weighted by Crippen LogP contribution is -2.37. The van der Waals surface area contributed by atoms with Gasteiger partial charge in [0.15, 0.2) is 5.76 Å². The fourth-order valence-corrected chi connectivity index (χ4v) is 3.42. The van der Waals surface area contributed by atoms with Gasteiger partial charge in [0, 0.05) is 30.9 Å². The van der Waals surface area contributed by atoms with E-state index in [0.29, 0.717) is 12.3 Å². The second-order valence-electron chi connectivity index (χ2n) is 7.08. The maximum atomic E-state index is 12.3. The molecule has 1 aliphatic rings. The number of carbonyl (C=O) groups excluding carboxylic acids is 2. The summed E-state index contributed by atoms with van der Waals surface area (Å²) in [5, 5.41) is 2.91. The van der Waals surface area contributed by atoms with Crippen LogP contribution in [0.1, 0.15) is 41.8 Å². The number of hydrogen-bond donors (Lipinski definition) is 1. The Morgan fingerprint density at radius 3 is 2.79 bits per heavy atom. The fourth-order valence-electron chi connectivity index (χ4n) is 3.42. The molecule has 0 bridgehead atoms.